The van der Waals surface area contributed by atoms with Crippen molar-refractivity contribution in [3.63, 3.8) is 0 Å². The van der Waals surface area contributed by atoms with Gasteiger partial charge < -0.3 is 19.9 Å². The van der Waals surface area contributed by atoms with Crippen LogP contribution < -0.4 is 10.1 Å². The molecule has 2 atom stereocenters. The highest BCUT2D eigenvalue weighted by atomic mass is 32.1. The van der Waals surface area contributed by atoms with Gasteiger partial charge in [-0.3, -0.25) is 4.79 Å². The van der Waals surface area contributed by atoms with Gasteiger partial charge in [0.05, 0.1) is 5.57 Å². The summed E-state index contributed by atoms with van der Waals surface area (Å²) in [5, 5.41) is 15.6. The van der Waals surface area contributed by atoms with Crippen molar-refractivity contribution in [2.45, 2.75) is 31.6 Å². The molecule has 0 amide bonds. The Hall–Kier alpha value is -3.84. The number of carbonyl (C=O) groups is 2. The minimum Gasteiger partial charge on any atom is -0.508 e. The second-order valence-electron chi connectivity index (χ2n) is 8.93. The lowest BCUT2D eigenvalue weighted by Gasteiger charge is -2.36. The minimum absolute atomic E-state index is 0.000652. The summed E-state index contributed by atoms with van der Waals surface area (Å²) >= 11 is 1.65. The van der Waals surface area contributed by atoms with Gasteiger partial charge in [-0.1, -0.05) is 36.4 Å². The van der Waals surface area contributed by atoms with Crippen molar-refractivity contribution >= 4 is 23.1 Å². The molecular weight excluding hydrogens is 474 g/mol. The van der Waals surface area contributed by atoms with Gasteiger partial charge in [-0.15, -0.1) is 11.3 Å². The van der Waals surface area contributed by atoms with Crippen LogP contribution in [0.4, 0.5) is 0 Å². The molecule has 36 heavy (non-hydrogen) atoms. The number of rotatable bonds is 7. The maximum Gasteiger partial charge on any atom is 0.336 e. The number of allylic oxidation sites excluding steroid dienone is 3. The van der Waals surface area contributed by atoms with Crippen molar-refractivity contribution in [1.29, 1.82) is 0 Å². The van der Waals surface area contributed by atoms with E-state index in [-0.39, 0.29) is 30.7 Å². The molecule has 2 heterocycles. The molecule has 0 spiro atoms. The second-order valence-corrected chi connectivity index (χ2v) is 9.90. The van der Waals surface area contributed by atoms with Crippen molar-refractivity contribution < 1.29 is 24.2 Å². The number of dihydropyridines is 1. The van der Waals surface area contributed by atoms with Crippen molar-refractivity contribution in [1.82, 2.24) is 5.32 Å². The van der Waals surface area contributed by atoms with Crippen molar-refractivity contribution in [2.75, 3.05) is 13.2 Å². The first-order valence-electron chi connectivity index (χ1n) is 11.9. The average Bonchev–Trinajstić information content (AvgIpc) is 3.41. The Balaban J connectivity index is 1.41. The van der Waals surface area contributed by atoms with Crippen LogP contribution in [0.25, 0.3) is 0 Å². The molecule has 0 bridgehead atoms. The van der Waals surface area contributed by atoms with Gasteiger partial charge in [0.1, 0.15) is 24.7 Å². The zero-order valence-corrected chi connectivity index (χ0v) is 20.7. The number of Topliss-reactive ketones (excluding diaryl/α,β-unsaturated/α-hetero) is 1. The minimum atomic E-state index is -0.618. The molecule has 2 N–H and O–H groups in total. The number of hydrogen-bond donors (Lipinski definition) is 2. The SMILES string of the molecule is CC1=C(C(=O)OCCOc2ccccc2)C(c2cccc(O)c2)C2=C(CC(c3cccs3)CC2=O)N1. The largest absolute Gasteiger partial charge is 0.508 e. The molecule has 184 valence electrons. The van der Waals surface area contributed by atoms with Crippen LogP contribution in [0.3, 0.4) is 0 Å². The van der Waals surface area contributed by atoms with Gasteiger partial charge in [-0.05, 0) is 54.6 Å². The summed E-state index contributed by atoms with van der Waals surface area (Å²) in [5.74, 6) is -0.249. The van der Waals surface area contributed by atoms with Gasteiger partial charge in [-0.25, -0.2) is 4.79 Å². The monoisotopic (exact) mass is 501 g/mol. The fourth-order valence-corrected chi connectivity index (χ4v) is 5.79. The van der Waals surface area contributed by atoms with E-state index in [0.717, 1.165) is 5.70 Å². The molecule has 1 aromatic heterocycles. The Labute approximate surface area is 213 Å². The van der Waals surface area contributed by atoms with E-state index in [1.54, 1.807) is 29.5 Å². The van der Waals surface area contributed by atoms with Crippen LogP contribution in [0.5, 0.6) is 11.5 Å². The summed E-state index contributed by atoms with van der Waals surface area (Å²) in [5.41, 5.74) is 3.11. The number of ether oxygens (including phenoxy) is 2. The first kappa shape index (κ1) is 23.9. The summed E-state index contributed by atoms with van der Waals surface area (Å²) in [6.07, 6.45) is 1.06. The Morgan fingerprint density at radius 3 is 2.64 bits per heavy atom. The summed E-state index contributed by atoms with van der Waals surface area (Å²) < 4.78 is 11.2. The predicted molar refractivity (Wildman–Crippen MR) is 138 cm³/mol. The number of para-hydroxylation sites is 1. The van der Waals surface area contributed by atoms with Crippen molar-refractivity contribution in [3.05, 3.63) is 105 Å². The molecule has 5 rings (SSSR count). The van der Waals surface area contributed by atoms with Crippen LogP contribution in [0.2, 0.25) is 0 Å². The third-order valence-electron chi connectivity index (χ3n) is 6.53. The summed E-state index contributed by atoms with van der Waals surface area (Å²) in [4.78, 5) is 28.1. The Morgan fingerprint density at radius 1 is 1.06 bits per heavy atom. The number of nitrogens with one attached hydrogen (secondary N) is 1. The molecule has 6 nitrogen and oxygen atoms in total. The molecule has 3 aromatic rings. The van der Waals surface area contributed by atoms with Crippen LogP contribution in [0.1, 0.15) is 42.0 Å². The molecule has 7 heteroatoms. The molecule has 0 saturated carbocycles. The first-order chi connectivity index (χ1) is 17.5. The number of thiophene rings is 1. The maximum atomic E-state index is 13.5. The van der Waals surface area contributed by atoms with Gasteiger partial charge in [-0.2, -0.15) is 0 Å². The van der Waals surface area contributed by atoms with Crippen molar-refractivity contribution in [3.8, 4) is 11.5 Å². The molecular formula is C29H27NO5S. The third-order valence-corrected chi connectivity index (χ3v) is 7.56. The van der Waals surface area contributed by atoms with E-state index in [4.69, 9.17) is 9.47 Å². The van der Waals surface area contributed by atoms with E-state index < -0.39 is 11.9 Å². The summed E-state index contributed by atoms with van der Waals surface area (Å²) in [6.45, 7) is 2.11. The standard InChI is InChI=1S/C29H27NO5S/c1-18-26(29(33)35-13-12-34-22-9-3-2-4-10-22)27(19-7-5-8-21(31)15-19)28-23(30-18)16-20(17-24(28)32)25-11-6-14-36-25/h2-11,14-15,20,27,30-31H,12-13,16-17H2,1H3. The molecule has 0 fully saturated rings. The molecule has 1 aliphatic carbocycles. The number of phenols is 1. The molecule has 2 unspecified atom stereocenters. The van der Waals surface area contributed by atoms with E-state index in [2.05, 4.69) is 11.4 Å². The highest BCUT2D eigenvalue weighted by Crippen LogP contribution is 2.46. The van der Waals surface area contributed by atoms with Crippen LogP contribution in [0, 0.1) is 0 Å². The number of aromatic hydroxyl groups is 1. The van der Waals surface area contributed by atoms with Gasteiger partial charge in [0.2, 0.25) is 0 Å². The van der Waals surface area contributed by atoms with Gasteiger partial charge in [0.15, 0.2) is 5.78 Å². The first-order valence-corrected chi connectivity index (χ1v) is 12.8. The van der Waals surface area contributed by atoms with E-state index in [1.165, 1.54) is 4.88 Å². The van der Waals surface area contributed by atoms with Gasteiger partial charge in [0.25, 0.3) is 0 Å². The van der Waals surface area contributed by atoms with Crippen LogP contribution in [-0.2, 0) is 14.3 Å². The summed E-state index contributed by atoms with van der Waals surface area (Å²) in [7, 11) is 0. The topological polar surface area (TPSA) is 84.9 Å². The number of esters is 1. The highest BCUT2D eigenvalue weighted by Gasteiger charge is 2.41. The number of phenolic OH excluding ortho intramolecular Hbond substituents is 1. The van der Waals surface area contributed by atoms with E-state index in [9.17, 15) is 14.7 Å². The Morgan fingerprint density at radius 2 is 1.89 bits per heavy atom. The molecule has 2 aliphatic rings. The predicted octanol–water partition coefficient (Wildman–Crippen LogP) is 5.44. The zero-order valence-electron chi connectivity index (χ0n) is 19.9. The number of hydrogen-bond acceptors (Lipinski definition) is 7. The fraction of sp³-hybridized carbons (Fsp3) is 0.241. The second kappa shape index (κ2) is 10.4. The summed E-state index contributed by atoms with van der Waals surface area (Å²) in [6, 6.07) is 20.1. The normalized spacial score (nSPS) is 19.5. The number of carbonyl (C=O) groups excluding carboxylic acids is 2. The van der Waals surface area contributed by atoms with Gasteiger partial charge in [0, 0.05) is 40.1 Å². The Bertz CT molecular complexity index is 1330. The average molecular weight is 502 g/mol. The van der Waals surface area contributed by atoms with Crippen LogP contribution >= 0.6 is 11.3 Å². The van der Waals surface area contributed by atoms with Crippen molar-refractivity contribution in [2.24, 2.45) is 0 Å². The van der Waals surface area contributed by atoms with E-state index in [0.29, 0.717) is 41.0 Å². The smallest absolute Gasteiger partial charge is 0.336 e. The number of ketones is 1. The van der Waals surface area contributed by atoms with Gasteiger partial charge >= 0.3 is 5.97 Å². The molecule has 0 saturated heterocycles. The zero-order chi connectivity index (χ0) is 25.1. The lowest BCUT2D eigenvalue weighted by Crippen LogP contribution is -2.36. The Kier molecular flexibility index (Phi) is 6.91. The number of benzene rings is 2. The lowest BCUT2D eigenvalue weighted by atomic mass is 9.72. The van der Waals surface area contributed by atoms with E-state index in [1.807, 2.05) is 54.8 Å². The van der Waals surface area contributed by atoms with Crippen LogP contribution in [0.15, 0.2) is 94.7 Å². The maximum absolute atomic E-state index is 13.5. The molecule has 2 aromatic carbocycles. The molecule has 0 radical (unpaired) electrons. The lowest BCUT2D eigenvalue weighted by molar-refractivity contribution is -0.140. The van der Waals surface area contributed by atoms with E-state index >= 15 is 0 Å². The molecule has 1 aliphatic heterocycles. The highest BCUT2D eigenvalue weighted by molar-refractivity contribution is 7.10. The third kappa shape index (κ3) is 4.93. The quantitative estimate of drug-likeness (QED) is 0.331. The van der Waals surface area contributed by atoms with Crippen LogP contribution in [-0.4, -0.2) is 30.1 Å². The fourth-order valence-electron chi connectivity index (χ4n) is 4.96.